The Bertz CT molecular complexity index is 801. The molecule has 0 saturated carbocycles. The van der Waals surface area contributed by atoms with Crippen molar-refractivity contribution in [1.29, 1.82) is 5.26 Å². The molecule has 4 nitrogen and oxygen atoms in total. The van der Waals surface area contributed by atoms with Gasteiger partial charge in [0.2, 0.25) is 0 Å². The van der Waals surface area contributed by atoms with Gasteiger partial charge in [-0.2, -0.15) is 5.26 Å². The van der Waals surface area contributed by atoms with Gasteiger partial charge in [0.25, 0.3) is 0 Å². The maximum atomic E-state index is 13.4. The highest BCUT2D eigenvalue weighted by atomic mass is 19.1. The van der Waals surface area contributed by atoms with E-state index in [2.05, 4.69) is 0 Å². The number of hydrogen-bond donors (Lipinski definition) is 0. The van der Waals surface area contributed by atoms with Crippen molar-refractivity contribution in [3.8, 4) is 6.07 Å². The van der Waals surface area contributed by atoms with Crippen molar-refractivity contribution in [3.63, 3.8) is 0 Å². The van der Waals surface area contributed by atoms with Crippen LogP contribution >= 0.6 is 0 Å². The molecule has 1 amide bonds. The lowest BCUT2D eigenvalue weighted by Crippen LogP contribution is -2.40. The zero-order chi connectivity index (χ0) is 18.4. The summed E-state index contributed by atoms with van der Waals surface area (Å²) in [6.45, 7) is 1.58. The number of halogens is 1. The molecule has 0 spiro atoms. The number of rotatable bonds is 4. The number of nitrogens with zero attached hydrogens (tertiary/aromatic N) is 2. The number of benzene rings is 2. The molecule has 134 valence electrons. The molecule has 1 fully saturated rings. The molecule has 1 heterocycles. The summed E-state index contributed by atoms with van der Waals surface area (Å²) in [5.41, 5.74) is 1.95. The van der Waals surface area contributed by atoms with Crippen molar-refractivity contribution in [2.24, 2.45) is 5.92 Å². The molecule has 0 bridgehead atoms. The van der Waals surface area contributed by atoms with Crippen LogP contribution in [0.3, 0.4) is 0 Å². The topological polar surface area (TPSA) is 53.3 Å². The fraction of sp³-hybridized carbons (Fsp3) is 0.333. The number of carbonyl (C=O) groups excluding carboxylic acids is 1. The first-order valence-electron chi connectivity index (χ1n) is 8.80. The molecule has 1 aliphatic heterocycles. The van der Waals surface area contributed by atoms with E-state index in [4.69, 9.17) is 10.00 Å². The van der Waals surface area contributed by atoms with Gasteiger partial charge in [-0.1, -0.05) is 36.4 Å². The molecule has 1 unspecified atom stereocenters. The van der Waals surface area contributed by atoms with Crippen LogP contribution in [-0.4, -0.2) is 24.1 Å². The third-order valence-corrected chi connectivity index (χ3v) is 4.66. The van der Waals surface area contributed by atoms with Crippen molar-refractivity contribution >= 4 is 6.09 Å². The first-order chi connectivity index (χ1) is 12.7. The number of nitriles is 1. The Morgan fingerprint density at radius 1 is 1.23 bits per heavy atom. The lowest BCUT2D eigenvalue weighted by molar-refractivity contribution is 0.0790. The Balaban J connectivity index is 1.55. The van der Waals surface area contributed by atoms with E-state index in [9.17, 15) is 9.18 Å². The summed E-state index contributed by atoms with van der Waals surface area (Å²) in [5.74, 6) is -0.212. The molecule has 3 rings (SSSR count). The van der Waals surface area contributed by atoms with Gasteiger partial charge >= 0.3 is 6.09 Å². The van der Waals surface area contributed by atoms with Gasteiger partial charge in [-0.05, 0) is 48.4 Å². The van der Waals surface area contributed by atoms with Gasteiger partial charge in [0.15, 0.2) is 0 Å². The van der Waals surface area contributed by atoms with Gasteiger partial charge in [-0.25, -0.2) is 9.18 Å². The first-order valence-corrected chi connectivity index (χ1v) is 8.80. The van der Waals surface area contributed by atoms with Crippen molar-refractivity contribution in [2.75, 3.05) is 13.1 Å². The normalized spacial score (nSPS) is 16.8. The number of carbonyl (C=O) groups is 1. The van der Waals surface area contributed by atoms with E-state index in [1.165, 1.54) is 6.07 Å². The predicted molar refractivity (Wildman–Crippen MR) is 95.7 cm³/mol. The van der Waals surface area contributed by atoms with Crippen LogP contribution in [-0.2, 0) is 17.8 Å². The van der Waals surface area contributed by atoms with Crippen LogP contribution < -0.4 is 0 Å². The molecular weight excluding hydrogens is 331 g/mol. The smallest absolute Gasteiger partial charge is 0.410 e. The second-order valence-corrected chi connectivity index (χ2v) is 6.62. The van der Waals surface area contributed by atoms with Crippen molar-refractivity contribution in [1.82, 2.24) is 4.90 Å². The SMILES string of the molecule is N#Cc1cc(CC2CCCN(C(=O)OCc3ccccc3)C2)ccc1F. The quantitative estimate of drug-likeness (QED) is 0.825. The fourth-order valence-corrected chi connectivity index (χ4v) is 3.33. The average molecular weight is 352 g/mol. The summed E-state index contributed by atoms with van der Waals surface area (Å²) in [5, 5.41) is 8.96. The second-order valence-electron chi connectivity index (χ2n) is 6.62. The number of likely N-dealkylation sites (tertiary alicyclic amines) is 1. The monoisotopic (exact) mass is 352 g/mol. The van der Waals surface area contributed by atoms with Crippen molar-refractivity contribution in [3.05, 3.63) is 71.0 Å². The number of piperidine rings is 1. The third-order valence-electron chi connectivity index (χ3n) is 4.66. The van der Waals surface area contributed by atoms with Crippen LogP contribution in [0.25, 0.3) is 0 Å². The Labute approximate surface area is 152 Å². The molecule has 2 aromatic carbocycles. The van der Waals surface area contributed by atoms with Crippen LogP contribution in [0.1, 0.15) is 29.5 Å². The lowest BCUT2D eigenvalue weighted by atomic mass is 9.91. The average Bonchev–Trinajstić information content (AvgIpc) is 2.68. The number of amides is 1. The maximum absolute atomic E-state index is 13.4. The van der Waals surface area contributed by atoms with E-state index < -0.39 is 5.82 Å². The van der Waals surface area contributed by atoms with Crippen LogP contribution in [0.15, 0.2) is 48.5 Å². The number of hydrogen-bond acceptors (Lipinski definition) is 3. The minimum Gasteiger partial charge on any atom is -0.445 e. The van der Waals surface area contributed by atoms with E-state index in [1.54, 1.807) is 17.0 Å². The Morgan fingerprint density at radius 3 is 2.81 bits per heavy atom. The van der Waals surface area contributed by atoms with E-state index >= 15 is 0 Å². The van der Waals surface area contributed by atoms with Crippen LogP contribution in [0.2, 0.25) is 0 Å². The van der Waals surface area contributed by atoms with E-state index in [-0.39, 0.29) is 24.2 Å². The first kappa shape index (κ1) is 17.9. The fourth-order valence-electron chi connectivity index (χ4n) is 3.33. The third kappa shape index (κ3) is 4.60. The molecule has 1 aliphatic rings. The molecule has 0 radical (unpaired) electrons. The predicted octanol–water partition coefficient (Wildman–Crippen LogP) is 4.29. The highest BCUT2D eigenvalue weighted by Crippen LogP contribution is 2.22. The second kappa shape index (κ2) is 8.48. The number of ether oxygens (including phenoxy) is 1. The Morgan fingerprint density at radius 2 is 2.04 bits per heavy atom. The highest BCUT2D eigenvalue weighted by Gasteiger charge is 2.25. The van der Waals surface area contributed by atoms with Crippen LogP contribution in [0.5, 0.6) is 0 Å². The molecule has 0 aromatic heterocycles. The van der Waals surface area contributed by atoms with Gasteiger partial charge < -0.3 is 9.64 Å². The van der Waals surface area contributed by atoms with Gasteiger partial charge in [-0.15, -0.1) is 0 Å². The molecule has 0 aliphatic carbocycles. The van der Waals surface area contributed by atoms with E-state index in [0.717, 1.165) is 30.4 Å². The summed E-state index contributed by atoms with van der Waals surface area (Å²) in [7, 11) is 0. The highest BCUT2D eigenvalue weighted by molar-refractivity contribution is 5.67. The van der Waals surface area contributed by atoms with Gasteiger partial charge in [0.05, 0.1) is 5.56 Å². The van der Waals surface area contributed by atoms with Crippen LogP contribution in [0.4, 0.5) is 9.18 Å². The van der Waals surface area contributed by atoms with Crippen molar-refractivity contribution in [2.45, 2.75) is 25.9 Å². The standard InChI is InChI=1S/C21H21FN2O2/c22-20-9-8-17(12-19(20)13-23)11-18-7-4-10-24(14-18)21(25)26-15-16-5-2-1-3-6-16/h1-3,5-6,8-9,12,18H,4,7,10-11,14-15H2. The molecule has 0 N–H and O–H groups in total. The molecule has 1 atom stereocenters. The molecule has 2 aromatic rings. The molecule has 1 saturated heterocycles. The van der Waals surface area contributed by atoms with E-state index in [1.807, 2.05) is 36.4 Å². The molecule has 5 heteroatoms. The summed E-state index contributed by atoms with van der Waals surface area (Å²) < 4.78 is 18.9. The Kier molecular flexibility index (Phi) is 5.85. The van der Waals surface area contributed by atoms with E-state index in [0.29, 0.717) is 13.1 Å². The largest absolute Gasteiger partial charge is 0.445 e. The van der Waals surface area contributed by atoms with Gasteiger partial charge in [0.1, 0.15) is 18.5 Å². The minimum absolute atomic E-state index is 0.0671. The summed E-state index contributed by atoms with van der Waals surface area (Å²) in [6.07, 6.45) is 2.34. The van der Waals surface area contributed by atoms with Gasteiger partial charge in [-0.3, -0.25) is 0 Å². The molecular formula is C21H21FN2O2. The zero-order valence-electron chi connectivity index (χ0n) is 14.5. The summed E-state index contributed by atoms with van der Waals surface area (Å²) in [6, 6.07) is 16.1. The zero-order valence-corrected chi connectivity index (χ0v) is 14.5. The van der Waals surface area contributed by atoms with Crippen molar-refractivity contribution < 1.29 is 13.9 Å². The minimum atomic E-state index is -0.494. The van der Waals surface area contributed by atoms with Crippen LogP contribution in [0, 0.1) is 23.1 Å². The maximum Gasteiger partial charge on any atom is 0.410 e. The Hall–Kier alpha value is -2.87. The lowest BCUT2D eigenvalue weighted by Gasteiger charge is -2.32. The summed E-state index contributed by atoms with van der Waals surface area (Å²) in [4.78, 5) is 14.1. The summed E-state index contributed by atoms with van der Waals surface area (Å²) >= 11 is 0. The van der Waals surface area contributed by atoms with Gasteiger partial charge in [0, 0.05) is 13.1 Å². The molecule has 26 heavy (non-hydrogen) atoms.